The molecule has 2 saturated heterocycles. The van der Waals surface area contributed by atoms with Gasteiger partial charge in [-0.05, 0) is 68.2 Å². The highest BCUT2D eigenvalue weighted by Gasteiger charge is 2.39. The third-order valence-corrected chi connectivity index (χ3v) is 8.16. The first-order valence-electron chi connectivity index (χ1n) is 13.9. The number of fused-ring (bicyclic) bond motifs is 1. The Labute approximate surface area is 223 Å². The minimum absolute atomic E-state index is 0.000581. The van der Waals surface area contributed by atoms with Crippen molar-refractivity contribution in [3.8, 4) is 0 Å². The molecule has 1 aromatic carbocycles. The number of esters is 1. The lowest BCUT2D eigenvalue weighted by Crippen LogP contribution is -2.41. The number of benzene rings is 1. The predicted octanol–water partition coefficient (Wildman–Crippen LogP) is 3.26. The molecule has 204 valence electrons. The van der Waals surface area contributed by atoms with Crippen LogP contribution in [-0.2, 0) is 28.9 Å². The van der Waals surface area contributed by atoms with Gasteiger partial charge in [0.05, 0.1) is 29.1 Å². The number of aromatic nitrogens is 2. The number of nitrogens with zero attached hydrogens (tertiary/aromatic N) is 3. The highest BCUT2D eigenvalue weighted by atomic mass is 16.5. The second-order valence-corrected chi connectivity index (χ2v) is 11.1. The molecule has 1 spiro atoms. The number of hydrogen-bond acceptors (Lipinski definition) is 6. The fourth-order valence-electron chi connectivity index (χ4n) is 5.82. The molecule has 38 heavy (non-hydrogen) atoms. The topological polar surface area (TPSA) is 103 Å². The highest BCUT2D eigenvalue weighted by molar-refractivity contribution is 5.97. The number of amides is 2. The van der Waals surface area contributed by atoms with Crippen molar-refractivity contribution in [3.63, 3.8) is 0 Å². The van der Waals surface area contributed by atoms with Gasteiger partial charge in [-0.15, -0.1) is 0 Å². The third kappa shape index (κ3) is 5.48. The molecule has 3 aliphatic rings. The largest absolute Gasteiger partial charge is 0.462 e. The van der Waals surface area contributed by atoms with Crippen LogP contribution in [0.15, 0.2) is 24.3 Å². The second-order valence-electron chi connectivity index (χ2n) is 11.1. The molecule has 9 nitrogen and oxygen atoms in total. The Morgan fingerprint density at radius 3 is 2.50 bits per heavy atom. The molecule has 4 heterocycles. The summed E-state index contributed by atoms with van der Waals surface area (Å²) < 4.78 is 13.2. The normalized spacial score (nSPS) is 19.5. The van der Waals surface area contributed by atoms with Crippen LogP contribution in [0.2, 0.25) is 0 Å². The standard InChI is InChI=1S/C29H38N4O5/c1-3-23-25-24(16-29(19-30-26(25)34)10-14-37-15-11-29)33(31-23)17-20(2)18-38-28(36)22-8-6-21(7-9-22)27(35)32-12-4-5-13-32/h6-9,20H,3-5,10-19H2,1-2H3,(H,30,34). The van der Waals surface area contributed by atoms with Crippen LogP contribution in [0.5, 0.6) is 0 Å². The molecule has 2 aromatic rings. The van der Waals surface area contributed by atoms with Gasteiger partial charge in [-0.1, -0.05) is 13.8 Å². The molecule has 1 unspecified atom stereocenters. The first-order valence-corrected chi connectivity index (χ1v) is 13.9. The Morgan fingerprint density at radius 2 is 1.82 bits per heavy atom. The van der Waals surface area contributed by atoms with Crippen LogP contribution in [0.1, 0.15) is 82.0 Å². The highest BCUT2D eigenvalue weighted by Crippen LogP contribution is 2.37. The van der Waals surface area contributed by atoms with Crippen molar-refractivity contribution in [1.82, 2.24) is 20.0 Å². The Bertz CT molecular complexity index is 1180. The first-order chi connectivity index (χ1) is 18.4. The van der Waals surface area contributed by atoms with Crippen molar-refractivity contribution in [2.75, 3.05) is 39.5 Å². The van der Waals surface area contributed by atoms with Gasteiger partial charge in [0, 0.05) is 50.9 Å². The zero-order chi connectivity index (χ0) is 26.7. The number of hydrogen-bond donors (Lipinski definition) is 1. The van der Waals surface area contributed by atoms with Crippen LogP contribution in [0.4, 0.5) is 0 Å². The quantitative estimate of drug-likeness (QED) is 0.560. The molecule has 1 atom stereocenters. The molecule has 2 amide bonds. The van der Waals surface area contributed by atoms with Crippen molar-refractivity contribution in [3.05, 3.63) is 52.3 Å². The van der Waals surface area contributed by atoms with E-state index in [2.05, 4.69) is 5.32 Å². The molecular weight excluding hydrogens is 484 g/mol. The van der Waals surface area contributed by atoms with Gasteiger partial charge in [-0.25, -0.2) is 4.79 Å². The van der Waals surface area contributed by atoms with E-state index in [1.165, 1.54) is 0 Å². The van der Waals surface area contributed by atoms with E-state index in [-0.39, 0.29) is 29.8 Å². The maximum absolute atomic E-state index is 13.0. The Balaban J connectivity index is 1.23. The monoisotopic (exact) mass is 522 g/mol. The second kappa shape index (κ2) is 11.3. The first kappa shape index (κ1) is 26.4. The van der Waals surface area contributed by atoms with Gasteiger partial charge >= 0.3 is 5.97 Å². The summed E-state index contributed by atoms with van der Waals surface area (Å²) in [6.07, 6.45) is 5.37. The molecule has 0 radical (unpaired) electrons. The lowest BCUT2D eigenvalue weighted by Gasteiger charge is -2.36. The molecule has 1 N–H and O–H groups in total. The van der Waals surface area contributed by atoms with Crippen LogP contribution in [0, 0.1) is 11.3 Å². The molecule has 3 aliphatic heterocycles. The van der Waals surface area contributed by atoms with Crippen molar-refractivity contribution < 1.29 is 23.9 Å². The van der Waals surface area contributed by atoms with Crippen LogP contribution >= 0.6 is 0 Å². The number of likely N-dealkylation sites (tertiary alicyclic amines) is 1. The van der Waals surface area contributed by atoms with Gasteiger partial charge in [-0.3, -0.25) is 14.3 Å². The van der Waals surface area contributed by atoms with Crippen molar-refractivity contribution in [1.29, 1.82) is 0 Å². The van der Waals surface area contributed by atoms with Crippen molar-refractivity contribution in [2.45, 2.75) is 58.9 Å². The molecule has 0 saturated carbocycles. The van der Waals surface area contributed by atoms with Crippen LogP contribution in [0.3, 0.4) is 0 Å². The van der Waals surface area contributed by atoms with E-state index in [4.69, 9.17) is 14.6 Å². The molecule has 0 bridgehead atoms. The van der Waals surface area contributed by atoms with E-state index in [0.29, 0.717) is 49.4 Å². The fourth-order valence-corrected chi connectivity index (χ4v) is 5.82. The number of rotatable bonds is 7. The molecule has 5 rings (SSSR count). The van der Waals surface area contributed by atoms with Gasteiger partial charge in [-0.2, -0.15) is 5.10 Å². The van der Waals surface area contributed by atoms with Crippen LogP contribution < -0.4 is 5.32 Å². The summed E-state index contributed by atoms with van der Waals surface area (Å²) in [5, 5.41) is 7.96. The lowest BCUT2D eigenvalue weighted by atomic mass is 9.76. The van der Waals surface area contributed by atoms with E-state index in [9.17, 15) is 14.4 Å². The number of ether oxygens (including phenoxy) is 2. The van der Waals surface area contributed by atoms with Crippen molar-refractivity contribution in [2.24, 2.45) is 11.3 Å². The van der Waals surface area contributed by atoms with Crippen LogP contribution in [0.25, 0.3) is 0 Å². The maximum Gasteiger partial charge on any atom is 0.338 e. The van der Waals surface area contributed by atoms with Gasteiger partial charge in [0.1, 0.15) is 0 Å². The minimum Gasteiger partial charge on any atom is -0.462 e. The summed E-state index contributed by atoms with van der Waals surface area (Å²) in [4.78, 5) is 40.1. The molecule has 2 fully saturated rings. The Morgan fingerprint density at radius 1 is 1.13 bits per heavy atom. The summed E-state index contributed by atoms with van der Waals surface area (Å²) >= 11 is 0. The smallest absolute Gasteiger partial charge is 0.338 e. The third-order valence-electron chi connectivity index (χ3n) is 8.16. The van der Waals surface area contributed by atoms with Gasteiger partial charge < -0.3 is 19.7 Å². The van der Waals surface area contributed by atoms with E-state index >= 15 is 0 Å². The van der Waals surface area contributed by atoms with Crippen LogP contribution in [-0.4, -0.2) is 71.9 Å². The molecule has 1 aromatic heterocycles. The summed E-state index contributed by atoms with van der Waals surface area (Å²) in [6, 6.07) is 6.71. The molecule has 0 aliphatic carbocycles. The van der Waals surface area contributed by atoms with E-state index in [0.717, 1.165) is 56.6 Å². The number of carbonyl (C=O) groups excluding carboxylic acids is 3. The average Bonchev–Trinajstić information content (AvgIpc) is 3.56. The molecule has 9 heteroatoms. The van der Waals surface area contributed by atoms with E-state index < -0.39 is 5.97 Å². The Kier molecular flexibility index (Phi) is 7.83. The number of aryl methyl sites for hydroxylation is 1. The summed E-state index contributed by atoms with van der Waals surface area (Å²) in [5.74, 6) is -0.444. The SMILES string of the molecule is CCc1nn(CC(C)COC(=O)c2ccc(C(=O)N3CCCC3)cc2)c2c1C(=O)NCC1(CCOCC1)C2. The summed E-state index contributed by atoms with van der Waals surface area (Å²) in [7, 11) is 0. The zero-order valence-corrected chi connectivity index (χ0v) is 22.5. The lowest BCUT2D eigenvalue weighted by molar-refractivity contribution is 0.0151. The van der Waals surface area contributed by atoms with E-state index in [1.807, 2.05) is 23.4 Å². The average molecular weight is 523 g/mol. The number of carbonyl (C=O) groups is 3. The summed E-state index contributed by atoms with van der Waals surface area (Å²) in [6.45, 7) is 8.48. The predicted molar refractivity (Wildman–Crippen MR) is 141 cm³/mol. The van der Waals surface area contributed by atoms with Gasteiger partial charge in [0.2, 0.25) is 0 Å². The van der Waals surface area contributed by atoms with E-state index in [1.54, 1.807) is 24.3 Å². The van der Waals surface area contributed by atoms with Gasteiger partial charge in [0.25, 0.3) is 11.8 Å². The number of nitrogens with one attached hydrogen (secondary N) is 1. The zero-order valence-electron chi connectivity index (χ0n) is 22.5. The minimum atomic E-state index is -0.411. The van der Waals surface area contributed by atoms with Crippen molar-refractivity contribution >= 4 is 17.8 Å². The Hall–Kier alpha value is -3.20. The maximum atomic E-state index is 13.0. The van der Waals surface area contributed by atoms with Gasteiger partial charge in [0.15, 0.2) is 0 Å². The fraction of sp³-hybridized carbons (Fsp3) is 0.586. The molecular formula is C29H38N4O5. The summed E-state index contributed by atoms with van der Waals surface area (Å²) in [5.41, 5.74) is 3.51.